The van der Waals surface area contributed by atoms with Gasteiger partial charge in [0.2, 0.25) is 5.91 Å². The number of benzene rings is 1. The molecule has 2 aromatic heterocycles. The predicted molar refractivity (Wildman–Crippen MR) is 84.0 cm³/mol. The molecular formula is C15H10F3N3O2S. The molecule has 0 aliphatic rings. The summed E-state index contributed by atoms with van der Waals surface area (Å²) in [6.07, 6.45) is -3.38. The molecule has 0 fully saturated rings. The largest absolute Gasteiger partial charge is 0.418 e. The zero-order valence-electron chi connectivity index (χ0n) is 12.0. The summed E-state index contributed by atoms with van der Waals surface area (Å²) in [5.41, 5.74) is -1.72. The fourth-order valence-corrected chi connectivity index (χ4v) is 2.91. The first-order chi connectivity index (χ1) is 11.4. The topological polar surface area (TPSA) is 64.0 Å². The second-order valence-corrected chi connectivity index (χ2v) is 5.80. The number of nitrogens with one attached hydrogen (secondary N) is 1. The third-order valence-corrected chi connectivity index (χ3v) is 4.09. The molecule has 0 radical (unpaired) electrons. The smallest absolute Gasteiger partial charge is 0.324 e. The summed E-state index contributed by atoms with van der Waals surface area (Å²) >= 11 is 1.29. The maximum absolute atomic E-state index is 12.9. The van der Waals surface area contributed by atoms with Gasteiger partial charge in [-0.05, 0) is 23.6 Å². The molecule has 9 heteroatoms. The van der Waals surface area contributed by atoms with E-state index in [4.69, 9.17) is 0 Å². The van der Waals surface area contributed by atoms with Gasteiger partial charge in [0.05, 0.1) is 23.0 Å². The lowest BCUT2D eigenvalue weighted by molar-refractivity contribution is -0.137. The summed E-state index contributed by atoms with van der Waals surface area (Å²) in [7, 11) is 0. The maximum Gasteiger partial charge on any atom is 0.418 e. The summed E-state index contributed by atoms with van der Waals surface area (Å²) in [6.45, 7) is -0.427. The van der Waals surface area contributed by atoms with Crippen molar-refractivity contribution in [3.63, 3.8) is 0 Å². The molecule has 5 nitrogen and oxygen atoms in total. The van der Waals surface area contributed by atoms with Crippen LogP contribution in [0.4, 0.5) is 18.9 Å². The number of halogens is 3. The molecule has 2 heterocycles. The number of fused-ring (bicyclic) bond motifs is 1. The summed E-state index contributed by atoms with van der Waals surface area (Å²) in [4.78, 5) is 28.8. The standard InChI is InChI=1S/C15H10F3N3O2S/c16-15(17,18)10-3-1-2-4-11(10)20-12(22)7-21-8-19-13-9(14(21)23)5-6-24-13/h1-6,8H,7H2,(H,20,22). The number of carbonyl (C=O) groups is 1. The average Bonchev–Trinajstić information content (AvgIpc) is 2.99. The minimum Gasteiger partial charge on any atom is -0.324 e. The van der Waals surface area contributed by atoms with Crippen LogP contribution in [0.1, 0.15) is 5.56 Å². The molecule has 1 amide bonds. The van der Waals surface area contributed by atoms with Crippen molar-refractivity contribution in [2.24, 2.45) is 0 Å². The molecule has 1 aromatic carbocycles. The highest BCUT2D eigenvalue weighted by atomic mass is 32.1. The van der Waals surface area contributed by atoms with Crippen LogP contribution < -0.4 is 10.9 Å². The van der Waals surface area contributed by atoms with E-state index in [0.29, 0.717) is 10.2 Å². The number of rotatable bonds is 3. The zero-order chi connectivity index (χ0) is 17.3. The van der Waals surface area contributed by atoms with Crippen LogP contribution in [0.15, 0.2) is 46.8 Å². The van der Waals surface area contributed by atoms with Crippen LogP contribution in [0.5, 0.6) is 0 Å². The van der Waals surface area contributed by atoms with Crippen LogP contribution in [-0.4, -0.2) is 15.5 Å². The van der Waals surface area contributed by atoms with Crippen LogP contribution in [0, 0.1) is 0 Å². The van der Waals surface area contributed by atoms with Gasteiger partial charge in [-0.2, -0.15) is 13.2 Å². The van der Waals surface area contributed by atoms with E-state index in [9.17, 15) is 22.8 Å². The van der Waals surface area contributed by atoms with Crippen molar-refractivity contribution >= 4 is 33.1 Å². The van der Waals surface area contributed by atoms with Crippen molar-refractivity contribution in [2.45, 2.75) is 12.7 Å². The molecule has 124 valence electrons. The first kappa shape index (κ1) is 16.2. The number of amides is 1. The van der Waals surface area contributed by atoms with E-state index in [-0.39, 0.29) is 5.69 Å². The highest BCUT2D eigenvalue weighted by molar-refractivity contribution is 7.16. The number of aromatic nitrogens is 2. The number of hydrogen-bond acceptors (Lipinski definition) is 4. The van der Waals surface area contributed by atoms with Crippen molar-refractivity contribution in [2.75, 3.05) is 5.32 Å². The minimum atomic E-state index is -4.59. The van der Waals surface area contributed by atoms with E-state index in [1.807, 2.05) is 0 Å². The van der Waals surface area contributed by atoms with Crippen molar-refractivity contribution in [3.8, 4) is 0 Å². The zero-order valence-corrected chi connectivity index (χ0v) is 12.8. The van der Waals surface area contributed by atoms with E-state index >= 15 is 0 Å². The third-order valence-electron chi connectivity index (χ3n) is 3.27. The quantitative estimate of drug-likeness (QED) is 0.787. The van der Waals surface area contributed by atoms with Gasteiger partial charge in [0.25, 0.3) is 5.56 Å². The molecule has 0 atom stereocenters. The van der Waals surface area contributed by atoms with E-state index in [0.717, 1.165) is 16.7 Å². The van der Waals surface area contributed by atoms with Crippen molar-refractivity contribution in [1.82, 2.24) is 9.55 Å². The second-order valence-electron chi connectivity index (χ2n) is 4.91. The van der Waals surface area contributed by atoms with Gasteiger partial charge in [0.15, 0.2) is 0 Å². The van der Waals surface area contributed by atoms with Gasteiger partial charge in [0, 0.05) is 0 Å². The van der Waals surface area contributed by atoms with Gasteiger partial charge in [-0.3, -0.25) is 14.2 Å². The Morgan fingerprint density at radius 1 is 1.25 bits per heavy atom. The third kappa shape index (κ3) is 3.16. The van der Waals surface area contributed by atoms with Crippen LogP contribution in [-0.2, 0) is 17.5 Å². The molecule has 24 heavy (non-hydrogen) atoms. The predicted octanol–water partition coefficient (Wildman–Crippen LogP) is 3.12. The number of para-hydroxylation sites is 1. The Bertz CT molecular complexity index is 962. The highest BCUT2D eigenvalue weighted by Gasteiger charge is 2.33. The molecule has 0 saturated carbocycles. The lowest BCUT2D eigenvalue weighted by atomic mass is 10.1. The lowest BCUT2D eigenvalue weighted by Crippen LogP contribution is -2.28. The van der Waals surface area contributed by atoms with Crippen LogP contribution >= 0.6 is 11.3 Å². The highest BCUT2D eigenvalue weighted by Crippen LogP contribution is 2.34. The Morgan fingerprint density at radius 3 is 2.75 bits per heavy atom. The summed E-state index contributed by atoms with van der Waals surface area (Å²) in [5, 5.41) is 4.25. The van der Waals surface area contributed by atoms with Gasteiger partial charge < -0.3 is 5.32 Å². The second kappa shape index (κ2) is 6.08. The fourth-order valence-electron chi connectivity index (χ4n) is 2.19. The lowest BCUT2D eigenvalue weighted by Gasteiger charge is -2.13. The van der Waals surface area contributed by atoms with E-state index in [1.165, 1.54) is 29.8 Å². The van der Waals surface area contributed by atoms with Crippen LogP contribution in [0.2, 0.25) is 0 Å². The molecule has 3 rings (SSSR count). The Hall–Kier alpha value is -2.68. The van der Waals surface area contributed by atoms with E-state index < -0.39 is 29.8 Å². The number of alkyl halides is 3. The van der Waals surface area contributed by atoms with Gasteiger partial charge in [-0.15, -0.1) is 11.3 Å². The monoisotopic (exact) mass is 353 g/mol. The van der Waals surface area contributed by atoms with Gasteiger partial charge in [-0.1, -0.05) is 12.1 Å². The molecule has 0 saturated heterocycles. The summed E-state index contributed by atoms with van der Waals surface area (Å²) < 4.78 is 39.8. The van der Waals surface area contributed by atoms with Crippen LogP contribution in [0.25, 0.3) is 10.2 Å². The van der Waals surface area contributed by atoms with Crippen molar-refractivity contribution < 1.29 is 18.0 Å². The minimum absolute atomic E-state index is 0.354. The summed E-state index contributed by atoms with van der Waals surface area (Å²) in [5.74, 6) is -0.745. The van der Waals surface area contributed by atoms with Crippen molar-refractivity contribution in [3.05, 3.63) is 58.0 Å². The van der Waals surface area contributed by atoms with E-state index in [2.05, 4.69) is 10.3 Å². The van der Waals surface area contributed by atoms with Crippen LogP contribution in [0.3, 0.4) is 0 Å². The molecule has 0 spiro atoms. The average molecular weight is 353 g/mol. The van der Waals surface area contributed by atoms with E-state index in [1.54, 1.807) is 11.4 Å². The number of thiophene rings is 1. The van der Waals surface area contributed by atoms with Gasteiger partial charge >= 0.3 is 6.18 Å². The molecule has 0 bridgehead atoms. The van der Waals surface area contributed by atoms with Gasteiger partial charge in [-0.25, -0.2) is 4.98 Å². The number of nitrogens with zero attached hydrogens (tertiary/aromatic N) is 2. The fraction of sp³-hybridized carbons (Fsp3) is 0.133. The molecular weight excluding hydrogens is 343 g/mol. The molecule has 0 aliphatic carbocycles. The SMILES string of the molecule is O=C(Cn1cnc2sccc2c1=O)Nc1ccccc1C(F)(F)F. The van der Waals surface area contributed by atoms with Crippen molar-refractivity contribution in [1.29, 1.82) is 0 Å². The molecule has 3 aromatic rings. The number of carbonyl (C=O) groups excluding carboxylic acids is 1. The Balaban J connectivity index is 1.83. The first-order valence-electron chi connectivity index (χ1n) is 6.75. The number of hydrogen-bond donors (Lipinski definition) is 1. The Labute approximate surface area is 137 Å². The Kier molecular flexibility index (Phi) is 4.10. The Morgan fingerprint density at radius 2 is 2.00 bits per heavy atom. The molecule has 0 unspecified atom stereocenters. The normalized spacial score (nSPS) is 11.6. The first-order valence-corrected chi connectivity index (χ1v) is 7.63. The molecule has 0 aliphatic heterocycles. The number of anilines is 1. The molecule has 1 N–H and O–H groups in total. The summed E-state index contributed by atoms with van der Waals surface area (Å²) in [6, 6.07) is 6.24. The van der Waals surface area contributed by atoms with Gasteiger partial charge in [0.1, 0.15) is 11.4 Å². The maximum atomic E-state index is 12.9.